The van der Waals surface area contributed by atoms with Crippen molar-refractivity contribution in [2.75, 3.05) is 7.11 Å². The second-order valence-corrected chi connectivity index (χ2v) is 9.23. The largest absolute Gasteiger partial charge is 0.496 e. The molecule has 154 valence electrons. The fourth-order valence-corrected chi connectivity index (χ4v) is 4.57. The Labute approximate surface area is 181 Å². The van der Waals surface area contributed by atoms with E-state index in [1.807, 2.05) is 19.1 Å². The Morgan fingerprint density at radius 2 is 1.60 bits per heavy atom. The number of sulfone groups is 1. The van der Waals surface area contributed by atoms with E-state index in [1.54, 1.807) is 48.5 Å². The fourth-order valence-electron chi connectivity index (χ4n) is 2.95. The molecule has 0 radical (unpaired) electrons. The molecule has 0 aliphatic heterocycles. The Kier molecular flexibility index (Phi) is 6.75. The maximum atomic E-state index is 13.3. The summed E-state index contributed by atoms with van der Waals surface area (Å²) in [5.41, 5.74) is 2.38. The predicted molar refractivity (Wildman–Crippen MR) is 121 cm³/mol. The van der Waals surface area contributed by atoms with Crippen molar-refractivity contribution in [3.8, 4) is 5.75 Å². The van der Waals surface area contributed by atoms with E-state index in [4.69, 9.17) is 16.3 Å². The first-order chi connectivity index (χ1) is 14.3. The van der Waals surface area contributed by atoms with Crippen LogP contribution < -0.4 is 4.74 Å². The first kappa shape index (κ1) is 21.8. The molecule has 0 saturated carbocycles. The molecule has 0 aromatic heterocycles. The van der Waals surface area contributed by atoms with E-state index in [1.165, 1.54) is 25.3 Å². The number of hydrogen-bond acceptors (Lipinski definition) is 4. The van der Waals surface area contributed by atoms with E-state index < -0.39 is 15.6 Å². The Bertz CT molecular complexity index is 1180. The van der Waals surface area contributed by atoms with Crippen molar-refractivity contribution in [3.63, 3.8) is 0 Å². The molecule has 0 N–H and O–H groups in total. The molecule has 6 heteroatoms. The molecule has 0 aliphatic rings. The number of ether oxygens (including phenoxy) is 1. The molecule has 0 spiro atoms. The minimum Gasteiger partial charge on any atom is -0.496 e. The summed E-state index contributed by atoms with van der Waals surface area (Å²) in [4.78, 5) is 12.9. The lowest BCUT2D eigenvalue weighted by Crippen LogP contribution is -2.16. The van der Waals surface area contributed by atoms with Crippen LogP contribution in [0.1, 0.15) is 27.0 Å². The Balaban J connectivity index is 2.10. The maximum Gasteiger partial charge on any atom is 0.204 e. The summed E-state index contributed by atoms with van der Waals surface area (Å²) < 4.78 is 32.0. The third kappa shape index (κ3) is 5.17. The van der Waals surface area contributed by atoms with Gasteiger partial charge in [-0.3, -0.25) is 4.79 Å². The third-order valence-corrected chi connectivity index (χ3v) is 6.51. The van der Waals surface area contributed by atoms with Gasteiger partial charge in [0.05, 0.1) is 12.9 Å². The minimum atomic E-state index is -3.95. The maximum absolute atomic E-state index is 13.3. The number of allylic oxidation sites excluding steroid dienone is 1. The number of benzene rings is 3. The zero-order valence-electron chi connectivity index (χ0n) is 16.6. The summed E-state index contributed by atoms with van der Waals surface area (Å²) in [6.07, 6.45) is 1.37. The standard InChI is InChI=1S/C24H21ClO4S/c1-17-7-9-18(10-8-17)16-30(27,28)23(15-20-5-3-4-6-22(20)29-2)24(26)19-11-13-21(25)14-12-19/h3-15H,16H2,1-2H3. The van der Waals surface area contributed by atoms with Crippen molar-refractivity contribution >= 4 is 33.3 Å². The van der Waals surface area contributed by atoms with Gasteiger partial charge in [0.25, 0.3) is 0 Å². The highest BCUT2D eigenvalue weighted by Gasteiger charge is 2.27. The van der Waals surface area contributed by atoms with Gasteiger partial charge >= 0.3 is 0 Å². The van der Waals surface area contributed by atoms with Crippen molar-refractivity contribution in [2.24, 2.45) is 0 Å². The summed E-state index contributed by atoms with van der Waals surface area (Å²) in [5.74, 6) is -0.401. The van der Waals surface area contributed by atoms with Crippen molar-refractivity contribution in [2.45, 2.75) is 12.7 Å². The van der Waals surface area contributed by atoms with Crippen LogP contribution in [-0.4, -0.2) is 21.3 Å². The van der Waals surface area contributed by atoms with Crippen LogP contribution in [0.25, 0.3) is 6.08 Å². The molecule has 0 saturated heterocycles. The summed E-state index contributed by atoms with van der Waals surface area (Å²) >= 11 is 5.91. The number of carbonyl (C=O) groups is 1. The van der Waals surface area contributed by atoms with Crippen molar-refractivity contribution in [3.05, 3.63) is 105 Å². The van der Waals surface area contributed by atoms with Crippen LogP contribution in [0.3, 0.4) is 0 Å². The van der Waals surface area contributed by atoms with Crippen LogP contribution in [0.15, 0.2) is 77.7 Å². The van der Waals surface area contributed by atoms with Crippen LogP contribution in [0.4, 0.5) is 0 Å². The lowest BCUT2D eigenvalue weighted by atomic mass is 10.1. The molecule has 0 bridgehead atoms. The van der Waals surface area contributed by atoms with E-state index in [-0.39, 0.29) is 16.2 Å². The van der Waals surface area contributed by atoms with Crippen molar-refractivity contribution < 1.29 is 17.9 Å². The quantitative estimate of drug-likeness (QED) is 0.359. The SMILES string of the molecule is COc1ccccc1C=C(C(=O)c1ccc(Cl)cc1)S(=O)(=O)Cc1ccc(C)cc1. The number of rotatable bonds is 7. The highest BCUT2D eigenvalue weighted by atomic mass is 35.5. The lowest BCUT2D eigenvalue weighted by molar-refractivity contribution is 0.104. The van der Waals surface area contributed by atoms with Crippen LogP contribution in [0.2, 0.25) is 5.02 Å². The molecule has 30 heavy (non-hydrogen) atoms. The average Bonchev–Trinajstić information content (AvgIpc) is 2.73. The number of methoxy groups -OCH3 is 1. The molecule has 0 fully saturated rings. The van der Waals surface area contributed by atoms with Gasteiger partial charge in [-0.25, -0.2) is 8.42 Å². The first-order valence-corrected chi connectivity index (χ1v) is 11.3. The highest BCUT2D eigenvalue weighted by molar-refractivity contribution is 7.95. The highest BCUT2D eigenvalue weighted by Crippen LogP contribution is 2.27. The number of aryl methyl sites for hydroxylation is 1. The Hall–Kier alpha value is -2.89. The van der Waals surface area contributed by atoms with E-state index in [9.17, 15) is 13.2 Å². The smallest absolute Gasteiger partial charge is 0.204 e. The number of halogens is 1. The van der Waals surface area contributed by atoms with E-state index in [2.05, 4.69) is 0 Å². The zero-order valence-corrected chi connectivity index (χ0v) is 18.2. The summed E-state index contributed by atoms with van der Waals surface area (Å²) in [5, 5.41) is 0.462. The van der Waals surface area contributed by atoms with E-state index in [0.717, 1.165) is 5.56 Å². The fraction of sp³-hybridized carbons (Fsp3) is 0.125. The lowest BCUT2D eigenvalue weighted by Gasteiger charge is -2.11. The van der Waals surface area contributed by atoms with Crippen molar-refractivity contribution in [1.82, 2.24) is 0 Å². The zero-order chi connectivity index (χ0) is 21.7. The molecule has 0 unspecified atom stereocenters. The van der Waals surface area contributed by atoms with Gasteiger partial charge < -0.3 is 4.74 Å². The Morgan fingerprint density at radius 1 is 0.967 bits per heavy atom. The second kappa shape index (κ2) is 9.28. The summed E-state index contributed by atoms with van der Waals surface area (Å²) in [6, 6.07) is 20.3. The number of carbonyl (C=O) groups excluding carboxylic acids is 1. The molecule has 3 aromatic carbocycles. The van der Waals surface area contributed by atoms with Crippen LogP contribution in [0.5, 0.6) is 5.75 Å². The summed E-state index contributed by atoms with van der Waals surface area (Å²) in [6.45, 7) is 1.93. The van der Waals surface area contributed by atoms with Gasteiger partial charge in [0.2, 0.25) is 5.78 Å². The van der Waals surface area contributed by atoms with Gasteiger partial charge in [-0.15, -0.1) is 0 Å². The van der Waals surface area contributed by atoms with Crippen LogP contribution in [-0.2, 0) is 15.6 Å². The molecule has 3 rings (SSSR count). The first-order valence-electron chi connectivity index (χ1n) is 9.23. The monoisotopic (exact) mass is 440 g/mol. The molecule has 4 nitrogen and oxygen atoms in total. The van der Waals surface area contributed by atoms with E-state index >= 15 is 0 Å². The van der Waals surface area contributed by atoms with Gasteiger partial charge in [-0.2, -0.15) is 0 Å². The molecule has 0 aliphatic carbocycles. The van der Waals surface area contributed by atoms with Gasteiger partial charge in [-0.05, 0) is 48.9 Å². The van der Waals surface area contributed by atoms with E-state index in [0.29, 0.717) is 21.9 Å². The normalized spacial score (nSPS) is 11.9. The topological polar surface area (TPSA) is 60.4 Å². The number of ketones is 1. The molecular formula is C24H21ClO4S. The number of para-hydroxylation sites is 1. The molecular weight excluding hydrogens is 420 g/mol. The second-order valence-electron chi connectivity index (χ2n) is 6.83. The molecule has 0 amide bonds. The van der Waals surface area contributed by atoms with Crippen molar-refractivity contribution in [1.29, 1.82) is 0 Å². The predicted octanol–water partition coefficient (Wildman–Crippen LogP) is 5.50. The number of hydrogen-bond donors (Lipinski definition) is 0. The van der Waals surface area contributed by atoms with Crippen LogP contribution >= 0.6 is 11.6 Å². The van der Waals surface area contributed by atoms with Gasteiger partial charge in [0.1, 0.15) is 10.7 Å². The minimum absolute atomic E-state index is 0.244. The van der Waals surface area contributed by atoms with Gasteiger partial charge in [0, 0.05) is 16.1 Å². The molecule has 0 atom stereocenters. The van der Waals surface area contributed by atoms with Gasteiger partial charge in [-0.1, -0.05) is 59.6 Å². The van der Waals surface area contributed by atoms with Gasteiger partial charge in [0.15, 0.2) is 9.84 Å². The van der Waals surface area contributed by atoms with Crippen LogP contribution in [0, 0.1) is 6.92 Å². The Morgan fingerprint density at radius 3 is 2.23 bits per heavy atom. The summed E-state index contributed by atoms with van der Waals surface area (Å²) in [7, 11) is -2.45. The third-order valence-electron chi connectivity index (χ3n) is 4.57. The molecule has 0 heterocycles. The molecule has 3 aromatic rings. The average molecular weight is 441 g/mol. The number of Topliss-reactive ketones (excluding diaryl/α,β-unsaturated/α-hetero) is 1.